The molecule has 1 aromatic heterocycles. The van der Waals surface area contributed by atoms with E-state index in [0.717, 1.165) is 17.8 Å². The van der Waals surface area contributed by atoms with Crippen molar-refractivity contribution in [2.75, 3.05) is 26.2 Å². The summed E-state index contributed by atoms with van der Waals surface area (Å²) < 4.78 is 38.7. The highest BCUT2D eigenvalue weighted by Crippen LogP contribution is 2.35. The van der Waals surface area contributed by atoms with E-state index >= 15 is 0 Å². The standard InChI is InChI=1S/C12H18BrF3N4O/c1-4-20(5-2)7-6-17-11(21)9-8(13)10(12(14,15)16)18-19(9)3/h4-7H2,1-3H3,(H,17,21). The molecule has 0 unspecified atom stereocenters. The average molecular weight is 371 g/mol. The maximum Gasteiger partial charge on any atom is 0.436 e. The minimum Gasteiger partial charge on any atom is -0.349 e. The van der Waals surface area contributed by atoms with Crippen molar-refractivity contribution < 1.29 is 18.0 Å². The van der Waals surface area contributed by atoms with Gasteiger partial charge >= 0.3 is 6.18 Å². The lowest BCUT2D eigenvalue weighted by atomic mass is 10.3. The van der Waals surface area contributed by atoms with E-state index in [-0.39, 0.29) is 10.2 Å². The first-order valence-corrected chi connectivity index (χ1v) is 7.31. The van der Waals surface area contributed by atoms with Crippen molar-refractivity contribution in [2.24, 2.45) is 7.05 Å². The number of aryl methyl sites for hydroxylation is 1. The van der Waals surface area contributed by atoms with Crippen molar-refractivity contribution in [1.82, 2.24) is 20.0 Å². The van der Waals surface area contributed by atoms with Crippen LogP contribution in [0.25, 0.3) is 0 Å². The summed E-state index contributed by atoms with van der Waals surface area (Å²) in [5.74, 6) is -0.584. The quantitative estimate of drug-likeness (QED) is 0.835. The monoisotopic (exact) mass is 370 g/mol. The fourth-order valence-electron chi connectivity index (χ4n) is 1.88. The van der Waals surface area contributed by atoms with Crippen LogP contribution in [0.3, 0.4) is 0 Å². The Hall–Kier alpha value is -1.09. The summed E-state index contributed by atoms with van der Waals surface area (Å²) in [7, 11) is 1.30. The molecular weight excluding hydrogens is 353 g/mol. The average Bonchev–Trinajstić information content (AvgIpc) is 2.70. The van der Waals surface area contributed by atoms with E-state index in [1.165, 1.54) is 7.05 Å². The van der Waals surface area contributed by atoms with Gasteiger partial charge in [0.1, 0.15) is 5.69 Å². The number of nitrogens with zero attached hydrogens (tertiary/aromatic N) is 3. The second-order valence-corrected chi connectivity index (χ2v) is 5.21. The molecule has 0 aliphatic carbocycles. The minimum absolute atomic E-state index is 0.137. The smallest absolute Gasteiger partial charge is 0.349 e. The molecule has 0 saturated heterocycles. The molecule has 1 aromatic rings. The molecule has 0 atom stereocenters. The Balaban J connectivity index is 2.78. The van der Waals surface area contributed by atoms with Gasteiger partial charge in [0.05, 0.1) is 4.47 Å². The number of alkyl halides is 3. The molecule has 1 heterocycles. The van der Waals surface area contributed by atoms with Gasteiger partial charge in [-0.25, -0.2) is 0 Å². The van der Waals surface area contributed by atoms with Crippen LogP contribution < -0.4 is 5.32 Å². The molecule has 0 fully saturated rings. The molecule has 21 heavy (non-hydrogen) atoms. The van der Waals surface area contributed by atoms with Gasteiger partial charge in [-0.3, -0.25) is 9.48 Å². The Kier molecular flexibility index (Phi) is 6.21. The molecule has 0 aromatic carbocycles. The van der Waals surface area contributed by atoms with Gasteiger partial charge in [0.15, 0.2) is 5.69 Å². The van der Waals surface area contributed by atoms with Gasteiger partial charge < -0.3 is 10.2 Å². The van der Waals surface area contributed by atoms with Gasteiger partial charge in [-0.1, -0.05) is 13.8 Å². The Morgan fingerprint density at radius 3 is 2.38 bits per heavy atom. The van der Waals surface area contributed by atoms with Crippen LogP contribution in [0.4, 0.5) is 13.2 Å². The maximum atomic E-state index is 12.7. The van der Waals surface area contributed by atoms with Crippen LogP contribution in [0, 0.1) is 0 Å². The zero-order valence-electron chi connectivity index (χ0n) is 12.1. The molecule has 1 N–H and O–H groups in total. The van der Waals surface area contributed by atoms with Crippen molar-refractivity contribution in [3.63, 3.8) is 0 Å². The molecule has 1 rings (SSSR count). The Morgan fingerprint density at radius 2 is 1.95 bits per heavy atom. The molecular formula is C12H18BrF3N4O. The maximum absolute atomic E-state index is 12.7. The highest BCUT2D eigenvalue weighted by atomic mass is 79.9. The summed E-state index contributed by atoms with van der Waals surface area (Å²) in [5, 5.41) is 5.96. The van der Waals surface area contributed by atoms with Crippen molar-refractivity contribution in [3.05, 3.63) is 15.9 Å². The predicted octanol–water partition coefficient (Wildman–Crippen LogP) is 2.27. The van der Waals surface area contributed by atoms with E-state index in [1.807, 2.05) is 13.8 Å². The molecule has 0 saturated carbocycles. The van der Waals surface area contributed by atoms with Crippen molar-refractivity contribution >= 4 is 21.8 Å². The second-order valence-electron chi connectivity index (χ2n) is 4.42. The Morgan fingerprint density at radius 1 is 1.38 bits per heavy atom. The fraction of sp³-hybridized carbons (Fsp3) is 0.667. The highest BCUT2D eigenvalue weighted by molar-refractivity contribution is 9.10. The van der Waals surface area contributed by atoms with Crippen LogP contribution in [-0.4, -0.2) is 46.8 Å². The van der Waals surface area contributed by atoms with Crippen LogP contribution in [0.2, 0.25) is 0 Å². The Labute approximate surface area is 129 Å². The molecule has 0 bridgehead atoms. The van der Waals surface area contributed by atoms with Gasteiger partial charge in [-0.2, -0.15) is 18.3 Å². The van der Waals surface area contributed by atoms with E-state index in [4.69, 9.17) is 0 Å². The van der Waals surface area contributed by atoms with Gasteiger partial charge in [0.2, 0.25) is 0 Å². The zero-order valence-corrected chi connectivity index (χ0v) is 13.7. The topological polar surface area (TPSA) is 50.2 Å². The molecule has 120 valence electrons. The predicted molar refractivity (Wildman–Crippen MR) is 76.0 cm³/mol. The molecule has 9 heteroatoms. The number of amides is 1. The van der Waals surface area contributed by atoms with Crippen molar-refractivity contribution in [2.45, 2.75) is 20.0 Å². The zero-order chi connectivity index (χ0) is 16.2. The van der Waals surface area contributed by atoms with Gasteiger partial charge in [-0.15, -0.1) is 0 Å². The van der Waals surface area contributed by atoms with Crippen molar-refractivity contribution in [1.29, 1.82) is 0 Å². The first-order chi connectivity index (χ1) is 9.72. The van der Waals surface area contributed by atoms with E-state index in [1.54, 1.807) is 0 Å². The summed E-state index contributed by atoms with van der Waals surface area (Å²) in [6, 6.07) is 0. The third kappa shape index (κ3) is 4.44. The lowest BCUT2D eigenvalue weighted by Gasteiger charge is -2.17. The number of halogens is 4. The minimum atomic E-state index is -4.60. The van der Waals surface area contributed by atoms with Crippen LogP contribution in [0.1, 0.15) is 30.0 Å². The lowest BCUT2D eigenvalue weighted by molar-refractivity contribution is -0.142. The van der Waals surface area contributed by atoms with Crippen LogP contribution in [-0.2, 0) is 13.2 Å². The molecule has 0 aliphatic rings. The summed E-state index contributed by atoms with van der Waals surface area (Å²) in [6.07, 6.45) is -4.60. The summed E-state index contributed by atoms with van der Waals surface area (Å²) >= 11 is 2.81. The third-order valence-electron chi connectivity index (χ3n) is 3.08. The number of hydrogen-bond donors (Lipinski definition) is 1. The highest BCUT2D eigenvalue weighted by Gasteiger charge is 2.39. The molecule has 5 nitrogen and oxygen atoms in total. The third-order valence-corrected chi connectivity index (χ3v) is 3.83. The van der Waals surface area contributed by atoms with E-state index in [9.17, 15) is 18.0 Å². The largest absolute Gasteiger partial charge is 0.436 e. The molecule has 0 radical (unpaired) electrons. The summed E-state index contributed by atoms with van der Waals surface area (Å²) in [4.78, 5) is 14.1. The number of hydrogen-bond acceptors (Lipinski definition) is 3. The number of carbonyl (C=O) groups is 1. The molecule has 1 amide bonds. The van der Waals surface area contributed by atoms with E-state index < -0.39 is 17.8 Å². The number of rotatable bonds is 6. The summed E-state index contributed by atoms with van der Waals surface area (Å²) in [6.45, 7) is 6.69. The number of carbonyl (C=O) groups excluding carboxylic acids is 1. The number of nitrogens with one attached hydrogen (secondary N) is 1. The van der Waals surface area contributed by atoms with Crippen LogP contribution in [0.5, 0.6) is 0 Å². The summed E-state index contributed by atoms with van der Waals surface area (Å²) in [5.41, 5.74) is -1.24. The van der Waals surface area contributed by atoms with Crippen molar-refractivity contribution in [3.8, 4) is 0 Å². The lowest BCUT2D eigenvalue weighted by Crippen LogP contribution is -2.35. The first-order valence-electron chi connectivity index (χ1n) is 6.52. The van der Waals surface area contributed by atoms with Crippen LogP contribution >= 0.6 is 15.9 Å². The molecule has 0 aliphatic heterocycles. The molecule has 0 spiro atoms. The number of likely N-dealkylation sites (N-methyl/N-ethyl adjacent to an activating group) is 1. The van der Waals surface area contributed by atoms with Gasteiger partial charge in [0, 0.05) is 20.1 Å². The van der Waals surface area contributed by atoms with Gasteiger partial charge in [-0.05, 0) is 29.0 Å². The Bertz CT molecular complexity index is 497. The first kappa shape index (κ1) is 18.0. The number of aromatic nitrogens is 2. The normalized spacial score (nSPS) is 12.0. The fourth-order valence-corrected chi connectivity index (χ4v) is 2.62. The second kappa shape index (κ2) is 7.26. The van der Waals surface area contributed by atoms with E-state index in [0.29, 0.717) is 13.1 Å². The SMILES string of the molecule is CCN(CC)CCNC(=O)c1c(Br)c(C(F)(F)F)nn1C. The van der Waals surface area contributed by atoms with Gasteiger partial charge in [0.25, 0.3) is 5.91 Å². The van der Waals surface area contributed by atoms with Crippen LogP contribution in [0.15, 0.2) is 4.47 Å². The van der Waals surface area contributed by atoms with E-state index in [2.05, 4.69) is 31.2 Å².